The summed E-state index contributed by atoms with van der Waals surface area (Å²) < 4.78 is 0. The third-order valence-electron chi connectivity index (χ3n) is 9.40. The second-order valence-corrected chi connectivity index (χ2v) is 10.7. The van der Waals surface area contributed by atoms with Crippen molar-refractivity contribution < 1.29 is 9.90 Å². The fourth-order valence-electron chi connectivity index (χ4n) is 7.52. The van der Waals surface area contributed by atoms with E-state index in [9.17, 15) is 9.90 Å². The molecule has 0 heterocycles. The van der Waals surface area contributed by atoms with Crippen LogP contribution >= 0.6 is 0 Å². The average Bonchev–Trinajstić information content (AvgIpc) is 3.03. The Kier molecular flexibility index (Phi) is 5.62. The molecule has 3 heteroatoms. The topological polar surface area (TPSA) is 40.5 Å². The number of fused-ring (bicyclic) bond motifs is 2. The third-order valence-corrected chi connectivity index (χ3v) is 9.40. The minimum atomic E-state index is -0.197. The normalized spacial score (nSPS) is 36.9. The molecular formula is C24H41NO2. The standard InChI is InChI=1S/C24H41NO2/c1-23(2)18-13-15-24(23,21(26)17-18)16-14-22(27)25(19-9-5-3-6-10-19)20-11-7-4-8-12-20/h18-21,26H,3-17H2,1-2H3/t18-,21?,24?/m0/s1. The molecule has 4 rings (SSSR count). The molecule has 4 fully saturated rings. The van der Waals surface area contributed by atoms with Crippen LogP contribution in [-0.4, -0.2) is 34.1 Å². The summed E-state index contributed by atoms with van der Waals surface area (Å²) in [5.41, 5.74) is 0.172. The molecule has 0 aromatic carbocycles. The summed E-state index contributed by atoms with van der Waals surface area (Å²) in [6.07, 6.45) is 17.4. The molecule has 4 aliphatic rings. The number of hydrogen-bond donors (Lipinski definition) is 1. The van der Waals surface area contributed by atoms with E-state index in [1.807, 2.05) is 0 Å². The monoisotopic (exact) mass is 375 g/mol. The van der Waals surface area contributed by atoms with E-state index >= 15 is 0 Å². The molecule has 154 valence electrons. The number of aliphatic hydroxyl groups excluding tert-OH is 1. The van der Waals surface area contributed by atoms with E-state index in [1.54, 1.807) is 0 Å². The first-order chi connectivity index (χ1) is 13.0. The summed E-state index contributed by atoms with van der Waals surface area (Å²) in [6, 6.07) is 0.981. The lowest BCUT2D eigenvalue weighted by molar-refractivity contribution is -0.139. The van der Waals surface area contributed by atoms with E-state index < -0.39 is 0 Å². The molecule has 0 spiro atoms. The summed E-state index contributed by atoms with van der Waals surface area (Å²) in [5, 5.41) is 10.8. The van der Waals surface area contributed by atoms with Gasteiger partial charge in [-0.2, -0.15) is 0 Å². The number of aliphatic hydroxyl groups is 1. The van der Waals surface area contributed by atoms with Gasteiger partial charge in [0.1, 0.15) is 0 Å². The Bertz CT molecular complexity index is 514. The molecule has 2 bridgehead atoms. The van der Waals surface area contributed by atoms with Crippen molar-refractivity contribution in [2.45, 2.75) is 128 Å². The maximum atomic E-state index is 13.5. The Morgan fingerprint density at radius 1 is 0.926 bits per heavy atom. The Morgan fingerprint density at radius 2 is 1.48 bits per heavy atom. The zero-order valence-corrected chi connectivity index (χ0v) is 17.7. The van der Waals surface area contributed by atoms with Crippen molar-refractivity contribution in [2.24, 2.45) is 16.7 Å². The number of amides is 1. The molecule has 4 aliphatic carbocycles. The highest BCUT2D eigenvalue weighted by Gasteiger charge is 2.63. The van der Waals surface area contributed by atoms with Crippen LogP contribution in [0.3, 0.4) is 0 Å². The molecule has 0 aromatic rings. The molecule has 3 nitrogen and oxygen atoms in total. The lowest BCUT2D eigenvalue weighted by Crippen LogP contribution is -2.49. The molecule has 4 saturated carbocycles. The van der Waals surface area contributed by atoms with Gasteiger partial charge in [0.2, 0.25) is 5.91 Å². The third kappa shape index (κ3) is 3.36. The van der Waals surface area contributed by atoms with Gasteiger partial charge < -0.3 is 10.0 Å². The minimum Gasteiger partial charge on any atom is -0.393 e. The van der Waals surface area contributed by atoms with Gasteiger partial charge in [0, 0.05) is 23.9 Å². The van der Waals surface area contributed by atoms with E-state index in [-0.39, 0.29) is 16.9 Å². The van der Waals surface area contributed by atoms with Crippen LogP contribution in [0.1, 0.15) is 110 Å². The number of rotatable bonds is 5. The maximum Gasteiger partial charge on any atom is 0.223 e. The van der Waals surface area contributed by atoms with E-state index in [0.717, 1.165) is 19.3 Å². The molecule has 0 aliphatic heterocycles. The molecular weight excluding hydrogens is 334 g/mol. The molecule has 1 amide bonds. The van der Waals surface area contributed by atoms with Crippen LogP contribution in [0.5, 0.6) is 0 Å². The van der Waals surface area contributed by atoms with Gasteiger partial charge in [-0.3, -0.25) is 4.79 Å². The Labute approximate surface area is 166 Å². The predicted octanol–water partition coefficient (Wildman–Crippen LogP) is 5.45. The highest BCUT2D eigenvalue weighted by Crippen LogP contribution is 2.67. The Balaban J connectivity index is 1.46. The van der Waals surface area contributed by atoms with Crippen LogP contribution in [0.15, 0.2) is 0 Å². The lowest BCUT2D eigenvalue weighted by atomic mass is 9.65. The Morgan fingerprint density at radius 3 is 1.93 bits per heavy atom. The molecule has 0 aromatic heterocycles. The van der Waals surface area contributed by atoms with Gasteiger partial charge in [-0.25, -0.2) is 0 Å². The van der Waals surface area contributed by atoms with Gasteiger partial charge >= 0.3 is 0 Å². The molecule has 0 radical (unpaired) electrons. The first kappa shape index (κ1) is 19.7. The highest BCUT2D eigenvalue weighted by atomic mass is 16.3. The second-order valence-electron chi connectivity index (χ2n) is 10.7. The van der Waals surface area contributed by atoms with Gasteiger partial charge in [-0.15, -0.1) is 0 Å². The van der Waals surface area contributed by atoms with Crippen molar-refractivity contribution in [1.82, 2.24) is 4.90 Å². The van der Waals surface area contributed by atoms with Crippen LogP contribution in [0, 0.1) is 16.7 Å². The predicted molar refractivity (Wildman–Crippen MR) is 109 cm³/mol. The van der Waals surface area contributed by atoms with Crippen molar-refractivity contribution in [3.8, 4) is 0 Å². The fourth-order valence-corrected chi connectivity index (χ4v) is 7.52. The van der Waals surface area contributed by atoms with Crippen LogP contribution < -0.4 is 0 Å². The van der Waals surface area contributed by atoms with Crippen molar-refractivity contribution in [3.05, 3.63) is 0 Å². The van der Waals surface area contributed by atoms with E-state index in [0.29, 0.717) is 30.3 Å². The number of hydrogen-bond acceptors (Lipinski definition) is 2. The summed E-state index contributed by atoms with van der Waals surface area (Å²) in [7, 11) is 0. The summed E-state index contributed by atoms with van der Waals surface area (Å²) >= 11 is 0. The van der Waals surface area contributed by atoms with Crippen molar-refractivity contribution in [3.63, 3.8) is 0 Å². The summed E-state index contributed by atoms with van der Waals surface area (Å²) in [6.45, 7) is 4.71. The highest BCUT2D eigenvalue weighted by molar-refractivity contribution is 5.77. The lowest BCUT2D eigenvalue weighted by Gasteiger charge is -2.44. The molecule has 0 saturated heterocycles. The molecule has 2 unspecified atom stereocenters. The van der Waals surface area contributed by atoms with Gasteiger partial charge in [0.05, 0.1) is 6.10 Å². The summed E-state index contributed by atoms with van der Waals surface area (Å²) in [4.78, 5) is 15.9. The SMILES string of the molecule is CC1(C)[C@H]2CCC1(CCC(=O)N(C1CCCCC1)C1CCCCC1)C(O)C2. The summed E-state index contributed by atoms with van der Waals surface area (Å²) in [5.74, 6) is 1.05. The van der Waals surface area contributed by atoms with Crippen molar-refractivity contribution >= 4 is 5.91 Å². The van der Waals surface area contributed by atoms with Crippen molar-refractivity contribution in [2.75, 3.05) is 0 Å². The maximum absolute atomic E-state index is 13.5. The van der Waals surface area contributed by atoms with E-state index in [1.165, 1.54) is 70.6 Å². The largest absolute Gasteiger partial charge is 0.393 e. The number of nitrogens with zero attached hydrogens (tertiary/aromatic N) is 1. The van der Waals surface area contributed by atoms with Gasteiger partial charge in [0.25, 0.3) is 0 Å². The zero-order chi connectivity index (χ0) is 19.1. The molecule has 1 N–H and O–H groups in total. The average molecular weight is 376 g/mol. The van der Waals surface area contributed by atoms with Gasteiger partial charge in [-0.05, 0) is 62.7 Å². The smallest absolute Gasteiger partial charge is 0.223 e. The molecule has 27 heavy (non-hydrogen) atoms. The first-order valence-electron chi connectivity index (χ1n) is 11.9. The van der Waals surface area contributed by atoms with Crippen LogP contribution in [0.25, 0.3) is 0 Å². The van der Waals surface area contributed by atoms with Gasteiger partial charge in [-0.1, -0.05) is 52.4 Å². The first-order valence-corrected chi connectivity index (χ1v) is 11.9. The van der Waals surface area contributed by atoms with Crippen LogP contribution in [0.4, 0.5) is 0 Å². The molecule has 3 atom stereocenters. The van der Waals surface area contributed by atoms with Gasteiger partial charge in [0.15, 0.2) is 0 Å². The van der Waals surface area contributed by atoms with E-state index in [4.69, 9.17) is 0 Å². The van der Waals surface area contributed by atoms with Crippen molar-refractivity contribution in [1.29, 1.82) is 0 Å². The van der Waals surface area contributed by atoms with Crippen LogP contribution in [0.2, 0.25) is 0 Å². The number of carbonyl (C=O) groups is 1. The van der Waals surface area contributed by atoms with Crippen LogP contribution in [-0.2, 0) is 4.79 Å². The quantitative estimate of drug-likeness (QED) is 0.694. The Hall–Kier alpha value is -0.570. The zero-order valence-electron chi connectivity index (χ0n) is 17.7. The fraction of sp³-hybridized carbons (Fsp3) is 0.958. The second kappa shape index (κ2) is 7.69. The number of carbonyl (C=O) groups excluding carboxylic acids is 1. The minimum absolute atomic E-state index is 0.0157. The van der Waals surface area contributed by atoms with E-state index in [2.05, 4.69) is 18.7 Å².